The molecule has 0 fully saturated rings. The van der Waals surface area contributed by atoms with Crippen LogP contribution in [0.15, 0.2) is 24.3 Å². The molecule has 0 N–H and O–H groups in total. The molecule has 0 aliphatic heterocycles. The van der Waals surface area contributed by atoms with Crippen molar-refractivity contribution in [2.24, 2.45) is 0 Å². The highest BCUT2D eigenvalue weighted by Gasteiger charge is 2.17. The van der Waals surface area contributed by atoms with Crippen LogP contribution in [0.5, 0.6) is 17.2 Å². The van der Waals surface area contributed by atoms with Crippen molar-refractivity contribution in [3.8, 4) is 17.2 Å². The second kappa shape index (κ2) is 6.32. The molecule has 0 saturated carbocycles. The Morgan fingerprint density at radius 2 is 1.47 bits per heavy atom. The van der Waals surface area contributed by atoms with E-state index in [1.54, 1.807) is 0 Å². The van der Waals surface area contributed by atoms with Gasteiger partial charge in [-0.25, -0.2) is 0 Å². The summed E-state index contributed by atoms with van der Waals surface area (Å²) >= 11 is 0. The van der Waals surface area contributed by atoms with E-state index < -0.39 is 0 Å². The lowest BCUT2D eigenvalue weighted by Crippen LogP contribution is -2.03. The summed E-state index contributed by atoms with van der Waals surface area (Å²) in [6.07, 6.45) is 0. The number of hydrogen-bond acceptors (Lipinski definition) is 3. The van der Waals surface area contributed by atoms with Crippen molar-refractivity contribution in [3.05, 3.63) is 30.3 Å². The molecule has 101 valence electrons. The summed E-state index contributed by atoms with van der Waals surface area (Å²) < 4.78 is 17.1. The van der Waals surface area contributed by atoms with Gasteiger partial charge >= 0.3 is 0 Å². The summed E-state index contributed by atoms with van der Waals surface area (Å²) in [5.41, 5.74) is 0. The van der Waals surface area contributed by atoms with E-state index in [1.807, 2.05) is 45.0 Å². The minimum absolute atomic E-state index is 0.562. The first-order chi connectivity index (χ1) is 9.31. The van der Waals surface area contributed by atoms with Gasteiger partial charge in [0.25, 0.3) is 0 Å². The first-order valence-electron chi connectivity index (χ1n) is 6.68. The Morgan fingerprint density at radius 1 is 0.842 bits per heavy atom. The lowest BCUT2D eigenvalue weighted by molar-refractivity contribution is 0.263. The average molecular weight is 259 g/mol. The summed E-state index contributed by atoms with van der Waals surface area (Å²) in [4.78, 5) is 0. The summed E-state index contributed by atoms with van der Waals surface area (Å²) in [5, 5.41) is 1.97. The van der Waals surface area contributed by atoms with Crippen molar-refractivity contribution in [1.82, 2.24) is 0 Å². The largest absolute Gasteiger partial charge is 0.489 e. The van der Waals surface area contributed by atoms with Crippen molar-refractivity contribution < 1.29 is 14.2 Å². The number of hydrogen-bond donors (Lipinski definition) is 0. The Morgan fingerprint density at radius 3 is 2.16 bits per heavy atom. The van der Waals surface area contributed by atoms with Crippen LogP contribution in [-0.2, 0) is 0 Å². The van der Waals surface area contributed by atoms with Crippen LogP contribution in [0.1, 0.15) is 20.8 Å². The fourth-order valence-corrected chi connectivity index (χ4v) is 2.00. The minimum Gasteiger partial charge on any atom is -0.489 e. The molecule has 0 bridgehead atoms. The Bertz CT molecular complexity index is 549. The predicted octanol–water partition coefficient (Wildman–Crippen LogP) is 3.84. The fraction of sp³-hybridized carbons (Fsp3) is 0.375. The molecular weight excluding hydrogens is 240 g/mol. The third kappa shape index (κ3) is 2.75. The van der Waals surface area contributed by atoms with Gasteiger partial charge in [-0.3, -0.25) is 0 Å². The molecule has 3 heteroatoms. The van der Waals surface area contributed by atoms with Gasteiger partial charge in [0.05, 0.1) is 19.8 Å². The maximum Gasteiger partial charge on any atom is 0.204 e. The fourth-order valence-electron chi connectivity index (χ4n) is 2.00. The van der Waals surface area contributed by atoms with E-state index in [9.17, 15) is 0 Å². The monoisotopic (exact) mass is 259 g/mol. The van der Waals surface area contributed by atoms with Crippen LogP contribution < -0.4 is 14.2 Å². The highest BCUT2D eigenvalue weighted by Crippen LogP contribution is 2.43. The van der Waals surface area contributed by atoms with Crippen molar-refractivity contribution in [2.45, 2.75) is 20.8 Å². The number of benzene rings is 2. The summed E-state index contributed by atoms with van der Waals surface area (Å²) in [6, 6.07) is 11.2. The van der Waals surface area contributed by atoms with Crippen molar-refractivity contribution in [1.29, 1.82) is 0 Å². The Labute approximate surface area is 114 Å². The van der Waals surface area contributed by atoms with Gasteiger partial charge in [0.15, 0.2) is 11.5 Å². The van der Waals surface area contributed by atoms with Crippen LogP contribution >= 0.6 is 0 Å². The van der Waals surface area contributed by atoms with Gasteiger partial charge in [-0.15, -0.1) is 0 Å². The molecule has 2 aromatic rings. The number of rotatable bonds is 6. The maximum atomic E-state index is 5.76. The van der Waals surface area contributed by atoms with Crippen LogP contribution in [0.25, 0.3) is 10.8 Å². The van der Waals surface area contributed by atoms with E-state index in [4.69, 9.17) is 14.2 Å². The first kappa shape index (κ1) is 13.5. The van der Waals surface area contributed by atoms with E-state index in [1.165, 1.54) is 0 Å². The molecule has 0 aromatic heterocycles. The second-order valence-electron chi connectivity index (χ2n) is 3.96. The van der Waals surface area contributed by atoms with E-state index in [0.717, 1.165) is 16.5 Å². The van der Waals surface area contributed by atoms with Crippen molar-refractivity contribution in [3.63, 3.8) is 0 Å². The van der Waals surface area contributed by atoms with Gasteiger partial charge in [0.1, 0.15) is 0 Å². The molecule has 0 unspecified atom stereocenters. The standard InChI is InChI=1S/C16H19O3/c1-4-17-14-11-12-9-7-8-10-13(12)15(18-5-2)16(14)19-6-3/h7-10H,4-6H2,1-3H3. The topological polar surface area (TPSA) is 27.7 Å². The summed E-state index contributed by atoms with van der Waals surface area (Å²) in [5.74, 6) is 2.00. The Kier molecular flexibility index (Phi) is 4.50. The lowest BCUT2D eigenvalue weighted by atomic mass is 10.1. The third-order valence-corrected chi connectivity index (χ3v) is 2.70. The van der Waals surface area contributed by atoms with Crippen LogP contribution in [-0.4, -0.2) is 19.8 Å². The molecule has 0 aliphatic rings. The maximum absolute atomic E-state index is 5.76. The van der Waals surface area contributed by atoms with Crippen LogP contribution in [0.2, 0.25) is 0 Å². The van der Waals surface area contributed by atoms with E-state index >= 15 is 0 Å². The summed E-state index contributed by atoms with van der Waals surface area (Å²) in [6.45, 7) is 7.56. The van der Waals surface area contributed by atoms with Crippen molar-refractivity contribution >= 4 is 10.8 Å². The first-order valence-corrected chi connectivity index (χ1v) is 6.68. The quantitative estimate of drug-likeness (QED) is 0.789. The molecule has 0 atom stereocenters. The molecule has 2 rings (SSSR count). The smallest absolute Gasteiger partial charge is 0.204 e. The predicted molar refractivity (Wildman–Crippen MR) is 76.3 cm³/mol. The van der Waals surface area contributed by atoms with Crippen LogP contribution in [0.4, 0.5) is 0 Å². The Balaban J connectivity index is 2.67. The molecule has 0 aliphatic carbocycles. The molecule has 3 nitrogen and oxygen atoms in total. The average Bonchev–Trinajstić information content (AvgIpc) is 2.43. The molecule has 1 radical (unpaired) electrons. The van der Waals surface area contributed by atoms with Gasteiger partial charge in [-0.2, -0.15) is 0 Å². The van der Waals surface area contributed by atoms with Crippen LogP contribution in [0, 0.1) is 6.07 Å². The highest BCUT2D eigenvalue weighted by molar-refractivity contribution is 5.92. The van der Waals surface area contributed by atoms with Gasteiger partial charge in [-0.05, 0) is 26.2 Å². The van der Waals surface area contributed by atoms with Gasteiger partial charge in [0.2, 0.25) is 5.75 Å². The van der Waals surface area contributed by atoms with E-state index in [2.05, 4.69) is 6.07 Å². The van der Waals surface area contributed by atoms with E-state index in [-0.39, 0.29) is 0 Å². The minimum atomic E-state index is 0.562. The van der Waals surface area contributed by atoms with Crippen LogP contribution in [0.3, 0.4) is 0 Å². The normalized spacial score (nSPS) is 10.5. The summed E-state index contributed by atoms with van der Waals surface area (Å²) in [7, 11) is 0. The zero-order chi connectivity index (χ0) is 13.7. The lowest BCUT2D eigenvalue weighted by Gasteiger charge is -2.17. The van der Waals surface area contributed by atoms with E-state index in [0.29, 0.717) is 31.3 Å². The highest BCUT2D eigenvalue weighted by atomic mass is 16.5. The molecule has 0 saturated heterocycles. The molecule has 0 spiro atoms. The van der Waals surface area contributed by atoms with Gasteiger partial charge < -0.3 is 14.2 Å². The zero-order valence-corrected chi connectivity index (χ0v) is 11.7. The number of ether oxygens (including phenoxy) is 3. The molecular formula is C16H19O3. The van der Waals surface area contributed by atoms with Gasteiger partial charge in [0, 0.05) is 11.5 Å². The second-order valence-corrected chi connectivity index (χ2v) is 3.96. The van der Waals surface area contributed by atoms with Gasteiger partial charge in [-0.1, -0.05) is 24.3 Å². The third-order valence-electron chi connectivity index (χ3n) is 2.70. The number of fused-ring (bicyclic) bond motifs is 1. The molecule has 0 amide bonds. The Hall–Kier alpha value is -1.90. The molecule has 2 aromatic carbocycles. The molecule has 19 heavy (non-hydrogen) atoms. The van der Waals surface area contributed by atoms with Crippen molar-refractivity contribution in [2.75, 3.05) is 19.8 Å². The molecule has 0 heterocycles. The zero-order valence-electron chi connectivity index (χ0n) is 11.7. The SMILES string of the molecule is CCOc1[c]c2ccccc2c(OCC)c1OCC.